The van der Waals surface area contributed by atoms with Gasteiger partial charge in [0.1, 0.15) is 11.9 Å². The number of nitrogens with one attached hydrogen (secondary N) is 1. The van der Waals surface area contributed by atoms with E-state index in [0.717, 1.165) is 25.1 Å². The number of sulfonamides is 1. The van der Waals surface area contributed by atoms with Gasteiger partial charge in [-0.2, -0.15) is 9.57 Å². The molecule has 1 fully saturated rings. The minimum absolute atomic E-state index is 0.0349. The molecule has 0 aromatic heterocycles. The highest BCUT2D eigenvalue weighted by molar-refractivity contribution is 7.89. The van der Waals surface area contributed by atoms with E-state index in [0.29, 0.717) is 19.6 Å². The molecular weight excluding hydrogens is 269 g/mol. The summed E-state index contributed by atoms with van der Waals surface area (Å²) in [4.78, 5) is -0.0349. The number of halogens is 1. The molecular formula is C12H14FN3O2S. The van der Waals surface area contributed by atoms with Crippen LogP contribution < -0.4 is 5.32 Å². The number of hydrogen-bond donors (Lipinski definition) is 1. The highest BCUT2D eigenvalue weighted by atomic mass is 32.2. The van der Waals surface area contributed by atoms with Gasteiger partial charge in [0.2, 0.25) is 10.0 Å². The predicted octanol–water partition coefficient (Wildman–Crippen LogP) is 0.681. The first-order valence-electron chi connectivity index (χ1n) is 5.96. The van der Waals surface area contributed by atoms with Gasteiger partial charge in [0.05, 0.1) is 10.5 Å². The summed E-state index contributed by atoms with van der Waals surface area (Å²) in [6.45, 7) is 2.17. The van der Waals surface area contributed by atoms with Gasteiger partial charge in [-0.1, -0.05) is 0 Å². The standard InChI is InChI=1S/C12H14FN3O2S/c13-12-3-2-11(8-10(12)9-14)19(17,18)16-6-1-4-15-5-7-16/h2-3,8,15H,1,4-7H2. The van der Waals surface area contributed by atoms with Crippen molar-refractivity contribution in [3.8, 4) is 6.07 Å². The van der Waals surface area contributed by atoms with E-state index in [2.05, 4.69) is 5.32 Å². The second-order valence-corrected chi connectivity index (χ2v) is 6.20. The van der Waals surface area contributed by atoms with Gasteiger partial charge in [0, 0.05) is 19.6 Å². The Morgan fingerprint density at radius 2 is 2.11 bits per heavy atom. The van der Waals surface area contributed by atoms with Crippen LogP contribution in [-0.2, 0) is 10.0 Å². The maximum absolute atomic E-state index is 13.2. The zero-order chi connectivity index (χ0) is 13.9. The van der Waals surface area contributed by atoms with Gasteiger partial charge in [-0.3, -0.25) is 0 Å². The van der Waals surface area contributed by atoms with Crippen LogP contribution in [0.2, 0.25) is 0 Å². The second-order valence-electron chi connectivity index (χ2n) is 4.26. The highest BCUT2D eigenvalue weighted by Gasteiger charge is 2.25. The molecule has 1 aliphatic heterocycles. The molecule has 0 aliphatic carbocycles. The van der Waals surface area contributed by atoms with Crippen LogP contribution in [0.15, 0.2) is 23.1 Å². The molecule has 1 saturated heterocycles. The maximum Gasteiger partial charge on any atom is 0.243 e. The number of benzene rings is 1. The number of nitrogens with zero attached hydrogens (tertiary/aromatic N) is 2. The van der Waals surface area contributed by atoms with Gasteiger partial charge >= 0.3 is 0 Å². The summed E-state index contributed by atoms with van der Waals surface area (Å²) in [7, 11) is -3.66. The van der Waals surface area contributed by atoms with Crippen LogP contribution in [0.3, 0.4) is 0 Å². The maximum atomic E-state index is 13.2. The molecule has 1 aromatic carbocycles. The Kier molecular flexibility index (Phi) is 4.14. The smallest absolute Gasteiger partial charge is 0.243 e. The van der Waals surface area contributed by atoms with Crippen molar-refractivity contribution in [1.82, 2.24) is 9.62 Å². The minimum Gasteiger partial charge on any atom is -0.315 e. The largest absolute Gasteiger partial charge is 0.315 e. The monoisotopic (exact) mass is 283 g/mol. The average Bonchev–Trinajstić information content (AvgIpc) is 2.68. The van der Waals surface area contributed by atoms with Gasteiger partial charge in [-0.15, -0.1) is 0 Å². The molecule has 0 saturated carbocycles. The SMILES string of the molecule is N#Cc1cc(S(=O)(=O)N2CCCNCC2)ccc1F. The molecule has 19 heavy (non-hydrogen) atoms. The third-order valence-corrected chi connectivity index (χ3v) is 4.89. The van der Waals surface area contributed by atoms with E-state index in [1.807, 2.05) is 0 Å². The fourth-order valence-electron chi connectivity index (χ4n) is 1.96. The van der Waals surface area contributed by atoms with E-state index in [4.69, 9.17) is 5.26 Å². The molecule has 102 valence electrons. The van der Waals surface area contributed by atoms with Crippen molar-refractivity contribution in [2.24, 2.45) is 0 Å². The molecule has 0 atom stereocenters. The van der Waals surface area contributed by atoms with E-state index in [1.54, 1.807) is 6.07 Å². The lowest BCUT2D eigenvalue weighted by Gasteiger charge is -2.19. The summed E-state index contributed by atoms with van der Waals surface area (Å²) < 4.78 is 39.4. The summed E-state index contributed by atoms with van der Waals surface area (Å²) in [5.74, 6) is -0.709. The number of hydrogen-bond acceptors (Lipinski definition) is 4. The van der Waals surface area contributed by atoms with Gasteiger partial charge in [0.15, 0.2) is 0 Å². The first-order valence-corrected chi connectivity index (χ1v) is 7.40. The topological polar surface area (TPSA) is 73.2 Å². The van der Waals surface area contributed by atoms with Crippen LogP contribution >= 0.6 is 0 Å². The Balaban J connectivity index is 2.36. The predicted molar refractivity (Wildman–Crippen MR) is 67.4 cm³/mol. The van der Waals surface area contributed by atoms with Crippen molar-refractivity contribution < 1.29 is 12.8 Å². The minimum atomic E-state index is -3.66. The van der Waals surface area contributed by atoms with E-state index in [9.17, 15) is 12.8 Å². The molecule has 1 N–H and O–H groups in total. The summed E-state index contributed by atoms with van der Waals surface area (Å²) in [5.41, 5.74) is -0.256. The number of nitriles is 1. The first-order chi connectivity index (χ1) is 9.05. The van der Waals surface area contributed by atoms with Crippen molar-refractivity contribution in [3.05, 3.63) is 29.6 Å². The molecule has 2 rings (SSSR count). The van der Waals surface area contributed by atoms with Crippen molar-refractivity contribution in [2.75, 3.05) is 26.2 Å². The lowest BCUT2D eigenvalue weighted by Crippen LogP contribution is -2.34. The summed E-state index contributed by atoms with van der Waals surface area (Å²) >= 11 is 0. The highest BCUT2D eigenvalue weighted by Crippen LogP contribution is 2.19. The fraction of sp³-hybridized carbons (Fsp3) is 0.417. The first kappa shape index (κ1) is 13.9. The van der Waals surface area contributed by atoms with Gasteiger partial charge in [-0.05, 0) is 31.2 Å². The molecule has 1 aliphatic rings. The Labute approximate surface area is 111 Å². The Hall–Kier alpha value is -1.49. The zero-order valence-corrected chi connectivity index (χ0v) is 11.1. The van der Waals surface area contributed by atoms with Crippen molar-refractivity contribution >= 4 is 10.0 Å². The lowest BCUT2D eigenvalue weighted by atomic mass is 10.2. The molecule has 0 spiro atoms. The molecule has 1 aromatic rings. The second kappa shape index (κ2) is 5.65. The van der Waals surface area contributed by atoms with E-state index >= 15 is 0 Å². The summed E-state index contributed by atoms with van der Waals surface area (Å²) in [5, 5.41) is 11.9. The van der Waals surface area contributed by atoms with Crippen LogP contribution in [0.5, 0.6) is 0 Å². The number of rotatable bonds is 2. The molecule has 5 nitrogen and oxygen atoms in total. The molecule has 7 heteroatoms. The van der Waals surface area contributed by atoms with Crippen LogP contribution in [0.25, 0.3) is 0 Å². The van der Waals surface area contributed by atoms with Crippen LogP contribution in [0, 0.1) is 17.1 Å². The quantitative estimate of drug-likeness (QED) is 0.866. The Bertz CT molecular complexity index is 602. The van der Waals surface area contributed by atoms with Crippen LogP contribution in [-0.4, -0.2) is 38.9 Å². The molecule has 0 radical (unpaired) electrons. The van der Waals surface area contributed by atoms with Crippen molar-refractivity contribution in [2.45, 2.75) is 11.3 Å². The molecule has 1 heterocycles. The van der Waals surface area contributed by atoms with E-state index in [-0.39, 0.29) is 10.5 Å². The van der Waals surface area contributed by atoms with Crippen LogP contribution in [0.1, 0.15) is 12.0 Å². The molecule has 0 unspecified atom stereocenters. The molecule has 0 amide bonds. The third kappa shape index (κ3) is 2.92. The summed E-state index contributed by atoms with van der Waals surface area (Å²) in [6.07, 6.45) is 0.728. The summed E-state index contributed by atoms with van der Waals surface area (Å²) in [6, 6.07) is 4.95. The van der Waals surface area contributed by atoms with Crippen molar-refractivity contribution in [3.63, 3.8) is 0 Å². The van der Waals surface area contributed by atoms with Gasteiger partial charge in [-0.25, -0.2) is 12.8 Å². The van der Waals surface area contributed by atoms with Crippen LogP contribution in [0.4, 0.5) is 4.39 Å². The van der Waals surface area contributed by atoms with Crippen molar-refractivity contribution in [1.29, 1.82) is 5.26 Å². The fourth-order valence-corrected chi connectivity index (χ4v) is 3.47. The van der Waals surface area contributed by atoms with Gasteiger partial charge < -0.3 is 5.32 Å². The zero-order valence-electron chi connectivity index (χ0n) is 10.3. The van der Waals surface area contributed by atoms with E-state index < -0.39 is 15.8 Å². The Morgan fingerprint density at radius 3 is 2.84 bits per heavy atom. The van der Waals surface area contributed by atoms with E-state index in [1.165, 1.54) is 10.4 Å². The normalized spacial score (nSPS) is 17.7. The average molecular weight is 283 g/mol. The third-order valence-electron chi connectivity index (χ3n) is 3.00. The van der Waals surface area contributed by atoms with Gasteiger partial charge in [0.25, 0.3) is 0 Å². The lowest BCUT2D eigenvalue weighted by molar-refractivity contribution is 0.432. The molecule has 0 bridgehead atoms. The Morgan fingerprint density at radius 1 is 1.32 bits per heavy atom.